The normalized spacial score (nSPS) is 16.7. The zero-order valence-corrected chi connectivity index (χ0v) is 15.3. The summed E-state index contributed by atoms with van der Waals surface area (Å²) in [6.45, 7) is 7.66. The van der Waals surface area contributed by atoms with Gasteiger partial charge in [-0.15, -0.1) is 0 Å². The smallest absolute Gasteiger partial charge is 0.261 e. The highest BCUT2D eigenvalue weighted by Crippen LogP contribution is 2.20. The zero-order valence-electron chi connectivity index (χ0n) is 15.3. The molecule has 1 amide bonds. The number of amides is 1. The van der Waals surface area contributed by atoms with E-state index in [0.717, 1.165) is 19.6 Å². The molecule has 1 N–H and O–H groups in total. The SMILES string of the molecule is CC(C)C(Oc1ccccc1C#N)C(=O)NCCN1CCCCCC1. The second-order valence-corrected chi connectivity index (χ2v) is 6.94. The van der Waals surface area contributed by atoms with E-state index in [1.165, 1.54) is 25.7 Å². The van der Waals surface area contributed by atoms with Crippen LogP contribution in [0.15, 0.2) is 24.3 Å². The molecule has 1 aliphatic rings. The van der Waals surface area contributed by atoms with E-state index in [-0.39, 0.29) is 11.8 Å². The Hall–Kier alpha value is -2.06. The van der Waals surface area contributed by atoms with Crippen LogP contribution >= 0.6 is 0 Å². The molecule has 1 aromatic carbocycles. The van der Waals surface area contributed by atoms with Crippen LogP contribution in [0.1, 0.15) is 45.1 Å². The van der Waals surface area contributed by atoms with E-state index in [2.05, 4.69) is 16.3 Å². The van der Waals surface area contributed by atoms with E-state index in [0.29, 0.717) is 17.9 Å². The van der Waals surface area contributed by atoms with Gasteiger partial charge >= 0.3 is 0 Å². The van der Waals surface area contributed by atoms with Crippen molar-refractivity contribution in [2.75, 3.05) is 26.2 Å². The van der Waals surface area contributed by atoms with Crippen LogP contribution in [0.4, 0.5) is 0 Å². The summed E-state index contributed by atoms with van der Waals surface area (Å²) in [6, 6.07) is 9.14. The molecular formula is C20H29N3O2. The lowest BCUT2D eigenvalue weighted by molar-refractivity contribution is -0.129. The van der Waals surface area contributed by atoms with Crippen LogP contribution in [-0.4, -0.2) is 43.1 Å². The third kappa shape index (κ3) is 6.06. The van der Waals surface area contributed by atoms with Gasteiger partial charge in [0.2, 0.25) is 0 Å². The number of carbonyl (C=O) groups is 1. The highest BCUT2D eigenvalue weighted by Gasteiger charge is 2.25. The molecule has 0 aromatic heterocycles. The molecule has 1 fully saturated rings. The largest absolute Gasteiger partial charge is 0.479 e. The number of nitriles is 1. The van der Waals surface area contributed by atoms with Crippen LogP contribution in [0.2, 0.25) is 0 Å². The monoisotopic (exact) mass is 343 g/mol. The fraction of sp³-hybridized carbons (Fsp3) is 0.600. The fourth-order valence-electron chi connectivity index (χ4n) is 3.09. The van der Waals surface area contributed by atoms with E-state index < -0.39 is 6.10 Å². The third-order valence-corrected chi connectivity index (χ3v) is 4.55. The van der Waals surface area contributed by atoms with Crippen LogP contribution in [0, 0.1) is 17.2 Å². The fourth-order valence-corrected chi connectivity index (χ4v) is 3.09. The number of hydrogen-bond acceptors (Lipinski definition) is 4. The Kier molecular flexibility index (Phi) is 7.75. The zero-order chi connectivity index (χ0) is 18.1. The van der Waals surface area contributed by atoms with Crippen LogP contribution < -0.4 is 10.1 Å². The molecule has 0 radical (unpaired) electrons. The number of benzene rings is 1. The first kappa shape index (κ1) is 19.3. The maximum Gasteiger partial charge on any atom is 0.261 e. The lowest BCUT2D eigenvalue weighted by atomic mass is 10.1. The summed E-state index contributed by atoms with van der Waals surface area (Å²) in [5.41, 5.74) is 0.450. The molecule has 0 saturated carbocycles. The second-order valence-electron chi connectivity index (χ2n) is 6.94. The summed E-state index contributed by atoms with van der Waals surface area (Å²) in [4.78, 5) is 15.0. The van der Waals surface area contributed by atoms with Crippen molar-refractivity contribution in [1.82, 2.24) is 10.2 Å². The van der Waals surface area contributed by atoms with Gasteiger partial charge in [-0.25, -0.2) is 0 Å². The van der Waals surface area contributed by atoms with Crippen molar-refractivity contribution in [3.05, 3.63) is 29.8 Å². The Morgan fingerprint density at radius 1 is 1.24 bits per heavy atom. The minimum Gasteiger partial charge on any atom is -0.479 e. The molecule has 0 spiro atoms. The number of ether oxygens (including phenoxy) is 1. The summed E-state index contributed by atoms with van der Waals surface area (Å²) in [6.07, 6.45) is 4.51. The Balaban J connectivity index is 1.88. The first-order valence-corrected chi connectivity index (χ1v) is 9.27. The van der Waals surface area contributed by atoms with Crippen LogP contribution in [0.25, 0.3) is 0 Å². The van der Waals surface area contributed by atoms with Crippen LogP contribution in [0.5, 0.6) is 5.75 Å². The van der Waals surface area contributed by atoms with Gasteiger partial charge in [0.05, 0.1) is 5.56 Å². The molecule has 1 atom stereocenters. The lowest BCUT2D eigenvalue weighted by Crippen LogP contribution is -2.44. The number of rotatable bonds is 7. The highest BCUT2D eigenvalue weighted by atomic mass is 16.5. The van der Waals surface area contributed by atoms with Crippen molar-refractivity contribution < 1.29 is 9.53 Å². The van der Waals surface area contributed by atoms with Crippen molar-refractivity contribution in [2.45, 2.75) is 45.6 Å². The van der Waals surface area contributed by atoms with Crippen LogP contribution in [-0.2, 0) is 4.79 Å². The van der Waals surface area contributed by atoms with Crippen molar-refractivity contribution in [3.63, 3.8) is 0 Å². The van der Waals surface area contributed by atoms with Gasteiger partial charge in [-0.05, 0) is 44.0 Å². The van der Waals surface area contributed by atoms with Gasteiger partial charge in [-0.1, -0.05) is 38.8 Å². The average molecular weight is 343 g/mol. The van der Waals surface area contributed by atoms with E-state index in [9.17, 15) is 10.1 Å². The summed E-state index contributed by atoms with van der Waals surface area (Å²) >= 11 is 0. The molecule has 1 aliphatic heterocycles. The number of likely N-dealkylation sites (tertiary alicyclic amines) is 1. The summed E-state index contributed by atoms with van der Waals surface area (Å²) in [5, 5.41) is 12.2. The summed E-state index contributed by atoms with van der Waals surface area (Å²) < 4.78 is 5.87. The van der Waals surface area contributed by atoms with Crippen molar-refractivity contribution in [3.8, 4) is 11.8 Å². The van der Waals surface area contributed by atoms with Gasteiger partial charge in [-0.2, -0.15) is 5.26 Å². The van der Waals surface area contributed by atoms with Gasteiger partial charge in [0, 0.05) is 13.1 Å². The van der Waals surface area contributed by atoms with Crippen molar-refractivity contribution in [2.24, 2.45) is 5.92 Å². The van der Waals surface area contributed by atoms with E-state index in [1.807, 2.05) is 19.9 Å². The van der Waals surface area contributed by atoms with Gasteiger partial charge in [0.1, 0.15) is 11.8 Å². The van der Waals surface area contributed by atoms with E-state index in [1.54, 1.807) is 18.2 Å². The Bertz CT molecular complexity index is 587. The predicted octanol–water partition coefficient (Wildman–Crippen LogP) is 2.95. The predicted molar refractivity (Wildman–Crippen MR) is 98.3 cm³/mol. The molecule has 0 bridgehead atoms. The maximum atomic E-state index is 12.6. The minimum atomic E-state index is -0.598. The summed E-state index contributed by atoms with van der Waals surface area (Å²) in [7, 11) is 0. The first-order chi connectivity index (χ1) is 12.1. The van der Waals surface area contributed by atoms with Gasteiger partial charge < -0.3 is 15.0 Å². The number of nitrogens with one attached hydrogen (secondary N) is 1. The van der Waals surface area contributed by atoms with Gasteiger partial charge in [0.15, 0.2) is 6.10 Å². The molecule has 1 heterocycles. The molecule has 5 nitrogen and oxygen atoms in total. The van der Waals surface area contributed by atoms with Gasteiger partial charge in [-0.3, -0.25) is 4.79 Å². The van der Waals surface area contributed by atoms with Crippen LogP contribution in [0.3, 0.4) is 0 Å². The number of hydrogen-bond donors (Lipinski definition) is 1. The van der Waals surface area contributed by atoms with E-state index >= 15 is 0 Å². The summed E-state index contributed by atoms with van der Waals surface area (Å²) in [5.74, 6) is 0.369. The minimum absolute atomic E-state index is 0.0185. The molecule has 25 heavy (non-hydrogen) atoms. The number of carbonyl (C=O) groups excluding carboxylic acids is 1. The standard InChI is InChI=1S/C20H29N3O2/c1-16(2)19(25-18-10-6-5-9-17(18)15-21)20(24)22-11-14-23-12-7-3-4-8-13-23/h5-6,9-10,16,19H,3-4,7-8,11-14H2,1-2H3,(H,22,24). The molecule has 2 rings (SSSR count). The Morgan fingerprint density at radius 3 is 2.56 bits per heavy atom. The molecule has 1 aromatic rings. The second kappa shape index (κ2) is 10.0. The van der Waals surface area contributed by atoms with Gasteiger partial charge in [0.25, 0.3) is 5.91 Å². The lowest BCUT2D eigenvalue weighted by Gasteiger charge is -2.24. The molecule has 0 aliphatic carbocycles. The third-order valence-electron chi connectivity index (χ3n) is 4.55. The molecule has 136 valence electrons. The quantitative estimate of drug-likeness (QED) is 0.827. The van der Waals surface area contributed by atoms with Crippen molar-refractivity contribution in [1.29, 1.82) is 5.26 Å². The molecule has 1 saturated heterocycles. The topological polar surface area (TPSA) is 65.4 Å². The number of para-hydroxylation sites is 1. The maximum absolute atomic E-state index is 12.6. The average Bonchev–Trinajstić information content (AvgIpc) is 2.88. The number of nitrogens with zero attached hydrogens (tertiary/aromatic N) is 2. The molecule has 1 unspecified atom stereocenters. The van der Waals surface area contributed by atoms with Crippen molar-refractivity contribution >= 4 is 5.91 Å². The van der Waals surface area contributed by atoms with E-state index in [4.69, 9.17) is 4.74 Å². The molecule has 5 heteroatoms. The molecular weight excluding hydrogens is 314 g/mol. The highest BCUT2D eigenvalue weighted by molar-refractivity contribution is 5.81. The Labute approximate surface area is 151 Å². The Morgan fingerprint density at radius 2 is 1.92 bits per heavy atom. The first-order valence-electron chi connectivity index (χ1n) is 9.27.